The predicted molar refractivity (Wildman–Crippen MR) is 538 cm³/mol. The standard InChI is InChI=1S/C24H16F2N4.C23H21F3N4O2.C22H16F2N4O2.C22H19N5O2.C18H17FN4O2S/c1-30-14-20-21(15-2-6-18(25)7-3-15)22(16-10-12-27-13-11-16)23(28-24(20)29-30)17-4-8-19(26)9-5-17;1-13-7-8-15(21(31)28-16-9-10-16)11-19(13)29-22(32)17-12-27-30(14(17)2)20-6-4-3-5-18(20)23(24,25)26;1-13-3-2-4-17(24)16(13)11-19(29)27-22-20(18-9-10-25-12-26-18)21(28-30-22)14-5-7-15(23)8-6-14;1-13-5-6-16(22(29)26-17-7-8-17)10-19(13)27-21(24)18(12-25-27)20(28)15-4-2-3-14(9-15)11-23;1-11(24)21-15-10-13(8-9-20-15)17-16(12-4-6-14(19)7-5-12)22-18(23(17)2)26(3)25/h2-14H,1H3;3-8,11-12,16H,9-10H2,1-2H3,(H,28,31)(H,29,32);2-10,12H,11H2,1H3,(H,27,29);2-6,9-10,12,17H,7-8,24H2,1H3,(H,26,29);4-10H,1-3H3,(H,20,21,24). The average molecular weight is 2010 g/mol. The van der Waals surface area contributed by atoms with Crippen LogP contribution >= 0.6 is 0 Å². The highest BCUT2D eigenvalue weighted by atomic mass is 32.2. The molecule has 2 saturated carbocycles. The first-order chi connectivity index (χ1) is 70.6. The molecule has 20 rings (SSSR count). The van der Waals surface area contributed by atoms with Gasteiger partial charge in [-0.1, -0.05) is 65.8 Å². The Bertz CT molecular complexity index is 8070. The largest absolute Gasteiger partial charge is 0.418 e. The predicted octanol–water partition coefficient (Wildman–Crippen LogP) is 20.6. The third-order valence-corrected chi connectivity index (χ3v) is 24.5. The number of carbonyl (C=O) groups excluding carboxylic acids is 6. The van der Waals surface area contributed by atoms with Gasteiger partial charge in [-0.15, -0.1) is 0 Å². The number of aryl methyl sites for hydroxylation is 4. The maximum atomic E-state index is 14.1. The molecule has 9 heterocycles. The van der Waals surface area contributed by atoms with E-state index in [1.54, 1.807) is 182 Å². The van der Waals surface area contributed by atoms with E-state index in [9.17, 15) is 68.1 Å². The number of halogens is 8. The number of hydrogen-bond donors (Lipinski definition) is 6. The Morgan fingerprint density at radius 1 is 0.537 bits per heavy atom. The Labute approximate surface area is 837 Å². The molecule has 5 amide bonds. The lowest BCUT2D eigenvalue weighted by Crippen LogP contribution is -2.25. The van der Waals surface area contributed by atoms with Gasteiger partial charge in [0.1, 0.15) is 52.7 Å². The summed E-state index contributed by atoms with van der Waals surface area (Å²) in [4.78, 5) is 100. The monoisotopic (exact) mass is 2000 g/mol. The van der Waals surface area contributed by atoms with E-state index in [2.05, 4.69) is 72.0 Å². The molecule has 147 heavy (non-hydrogen) atoms. The van der Waals surface area contributed by atoms with Gasteiger partial charge in [-0.25, -0.2) is 56.2 Å². The van der Waals surface area contributed by atoms with Gasteiger partial charge in [-0.2, -0.15) is 33.7 Å². The van der Waals surface area contributed by atoms with Crippen LogP contribution in [0.3, 0.4) is 0 Å². The van der Waals surface area contributed by atoms with Gasteiger partial charge in [0, 0.05) is 137 Å². The minimum absolute atomic E-state index is 0.0621. The Morgan fingerprint density at radius 2 is 1.12 bits per heavy atom. The minimum Gasteiger partial charge on any atom is -0.383 e. The normalized spacial score (nSPS) is 12.1. The van der Waals surface area contributed by atoms with E-state index < -0.39 is 40.2 Å². The van der Waals surface area contributed by atoms with Crippen molar-refractivity contribution in [3.05, 3.63) is 376 Å². The summed E-state index contributed by atoms with van der Waals surface area (Å²) < 4.78 is 132. The van der Waals surface area contributed by atoms with Crippen LogP contribution in [0.5, 0.6) is 0 Å². The first kappa shape index (κ1) is 102. The van der Waals surface area contributed by atoms with Gasteiger partial charge in [0.25, 0.3) is 17.7 Å². The molecule has 2 aliphatic carbocycles. The Balaban J connectivity index is 0.000000131. The maximum absolute atomic E-state index is 14.1. The van der Waals surface area contributed by atoms with E-state index in [1.165, 1.54) is 122 Å². The summed E-state index contributed by atoms with van der Waals surface area (Å²) in [6, 6.07) is 62.1. The fourth-order valence-corrected chi connectivity index (χ4v) is 16.6. The summed E-state index contributed by atoms with van der Waals surface area (Å²) in [7, 11) is 2.30. The van der Waals surface area contributed by atoms with Crippen LogP contribution in [0, 0.1) is 68.1 Å². The van der Waals surface area contributed by atoms with Gasteiger partial charge >= 0.3 is 6.18 Å². The van der Waals surface area contributed by atoms with Crippen LogP contribution in [0.2, 0.25) is 0 Å². The second-order valence-corrected chi connectivity index (χ2v) is 35.5. The first-order valence-corrected chi connectivity index (χ1v) is 47.2. The van der Waals surface area contributed by atoms with Gasteiger partial charge in [-0.3, -0.25) is 48.0 Å². The lowest BCUT2D eigenvalue weighted by atomic mass is 9.90. The lowest BCUT2D eigenvalue weighted by Gasteiger charge is -2.16. The van der Waals surface area contributed by atoms with Crippen LogP contribution in [-0.2, 0) is 47.1 Å². The van der Waals surface area contributed by atoms with E-state index in [-0.39, 0.29) is 99.5 Å². The van der Waals surface area contributed by atoms with Crippen LogP contribution in [0.25, 0.3) is 101 Å². The zero-order valence-corrected chi connectivity index (χ0v) is 80.5. The number of rotatable bonds is 22. The number of aromatic nitrogens is 14. The molecule has 0 saturated heterocycles. The number of anilines is 4. The number of imidazole rings is 1. The molecule has 9 aromatic heterocycles. The molecule has 2 fully saturated rings. The third kappa shape index (κ3) is 24.0. The van der Waals surface area contributed by atoms with Crippen molar-refractivity contribution in [1.29, 1.82) is 5.26 Å². The molecular weight excluding hydrogens is 1920 g/mol. The fraction of sp³-hybridized carbons (Fsp3) is 0.147. The lowest BCUT2D eigenvalue weighted by molar-refractivity contribution is -0.137. The smallest absolute Gasteiger partial charge is 0.383 e. The number of carbonyl (C=O) groups is 6. The van der Waals surface area contributed by atoms with Gasteiger partial charge in [0.05, 0.1) is 103 Å². The molecule has 0 radical (unpaired) electrons. The summed E-state index contributed by atoms with van der Waals surface area (Å²) in [6.45, 7) is 8.34. The first-order valence-electron chi connectivity index (χ1n) is 45.6. The molecule has 2 aliphatic rings. The van der Waals surface area contributed by atoms with Crippen molar-refractivity contribution in [1.82, 2.24) is 79.6 Å². The molecule has 29 nitrogen and oxygen atoms in total. The summed E-state index contributed by atoms with van der Waals surface area (Å²) in [5.74, 6) is -3.05. The van der Waals surface area contributed by atoms with Crippen LogP contribution in [0.15, 0.2) is 290 Å². The summed E-state index contributed by atoms with van der Waals surface area (Å²) >= 11 is 0. The highest BCUT2D eigenvalue weighted by molar-refractivity contribution is 7.84. The topological polar surface area (TPSA) is 391 Å². The quantitative estimate of drug-likeness (QED) is 0.0271. The van der Waals surface area contributed by atoms with Crippen molar-refractivity contribution in [2.45, 2.75) is 90.1 Å². The second kappa shape index (κ2) is 44.5. The Morgan fingerprint density at radius 3 is 1.72 bits per heavy atom. The van der Waals surface area contributed by atoms with E-state index in [0.29, 0.717) is 107 Å². The van der Waals surface area contributed by atoms with E-state index in [0.717, 1.165) is 86.3 Å². The van der Waals surface area contributed by atoms with Crippen molar-refractivity contribution >= 4 is 80.4 Å². The number of fused-ring (bicyclic) bond motifs is 1. The highest BCUT2D eigenvalue weighted by Gasteiger charge is 2.36. The molecule has 38 heteroatoms. The van der Waals surface area contributed by atoms with Crippen LogP contribution in [0.1, 0.15) is 119 Å². The van der Waals surface area contributed by atoms with Gasteiger partial charge in [0.2, 0.25) is 17.7 Å². The molecule has 1 unspecified atom stereocenters. The average Bonchev–Trinajstić information content (AvgIpc) is 1.69. The summed E-state index contributed by atoms with van der Waals surface area (Å²) in [6.07, 6.45) is 13.2. The molecule has 7 N–H and O–H groups in total. The number of alkyl halides is 3. The number of ketones is 1. The number of para-hydroxylation sites is 1. The Hall–Kier alpha value is -18.3. The SMILES string of the molecule is CC(=O)Nc1cc(-c2c(-c3ccc(F)cc3)nc(S(C)=O)n2C)ccn1.Cc1ccc(C(=O)NC2CC2)cc1-n1ncc(C(=O)c2cccc(C#N)c2)c1N.Cc1ccc(C(=O)NC2CC2)cc1NC(=O)c1cnn(-c2ccccc2C(F)(F)F)c1C.Cc1cccc(F)c1CC(=O)Nc1onc(-c2ccc(F)cc2)c1-c1ccncn1.Cn1cc2c(-c3ccc(F)cc3)c(-c3ccncc3)c(-c3ccc(F)cc3)nc2n1. The number of nitrogens with two attached hydrogens (primary N) is 1. The molecule has 1 atom stereocenters. The van der Waals surface area contributed by atoms with Gasteiger partial charge in [-0.05, 0) is 251 Å². The van der Waals surface area contributed by atoms with Crippen molar-refractivity contribution < 1.29 is 72.6 Å². The molecule has 0 spiro atoms. The number of benzene rings is 9. The summed E-state index contributed by atoms with van der Waals surface area (Å²) in [5.41, 5.74) is 21.3. The van der Waals surface area contributed by atoms with Crippen molar-refractivity contribution in [3.8, 4) is 96.0 Å². The number of hydrogen-bond acceptors (Lipinski definition) is 20. The molecule has 0 aliphatic heterocycles. The number of amides is 5. The number of nitrogens with one attached hydrogen (secondary N) is 5. The molecule has 740 valence electrons. The Kier molecular flexibility index (Phi) is 30.8. The number of nitrogens with zero attached hydrogens (tertiary/aromatic N) is 15. The van der Waals surface area contributed by atoms with Crippen LogP contribution < -0.4 is 32.3 Å². The molecule has 9 aromatic carbocycles. The molecule has 18 aromatic rings. The van der Waals surface area contributed by atoms with Gasteiger partial charge in [0.15, 0.2) is 16.6 Å². The van der Waals surface area contributed by atoms with Crippen molar-refractivity contribution in [3.63, 3.8) is 0 Å². The molecule has 0 bridgehead atoms. The van der Waals surface area contributed by atoms with E-state index >= 15 is 0 Å². The van der Waals surface area contributed by atoms with Crippen LogP contribution in [-0.4, -0.2) is 127 Å². The van der Waals surface area contributed by atoms with Crippen molar-refractivity contribution in [2.24, 2.45) is 14.1 Å². The third-order valence-electron chi connectivity index (χ3n) is 23.6. The number of pyridine rings is 3. The van der Waals surface area contributed by atoms with Crippen LogP contribution in [0.4, 0.5) is 58.3 Å². The molecular formula is C109H89F8N21O8S. The summed E-state index contributed by atoms with van der Waals surface area (Å²) in [5, 5.41) is 41.0. The van der Waals surface area contributed by atoms with Crippen molar-refractivity contribution in [2.75, 3.05) is 27.9 Å². The second-order valence-electron chi connectivity index (χ2n) is 34.2. The van der Waals surface area contributed by atoms with E-state index in [4.69, 9.17) is 20.5 Å². The minimum atomic E-state index is -4.56. The highest BCUT2D eigenvalue weighted by Crippen LogP contribution is 2.45. The zero-order chi connectivity index (χ0) is 104. The zero-order valence-electron chi connectivity index (χ0n) is 79.7. The number of nitrogen functional groups attached to an aromatic ring is 1. The maximum Gasteiger partial charge on any atom is 0.418 e. The fourth-order valence-electron chi connectivity index (χ4n) is 15.9. The number of nitriles is 1. The van der Waals surface area contributed by atoms with E-state index in [1.807, 2.05) is 44.4 Å². The van der Waals surface area contributed by atoms with Gasteiger partial charge < -0.3 is 36.1 Å².